The topological polar surface area (TPSA) is 25.2 Å². The number of hydrogen-bond donors (Lipinski definition) is 1. The Morgan fingerprint density at radius 3 is 2.53 bits per heavy atom. The molecule has 19 heavy (non-hydrogen) atoms. The van der Waals surface area contributed by atoms with E-state index in [0.29, 0.717) is 12.0 Å². The van der Waals surface area contributed by atoms with Crippen molar-refractivity contribution in [3.8, 4) is 11.3 Å². The maximum Gasteiger partial charge on any atom is 0.134 e. The van der Waals surface area contributed by atoms with Gasteiger partial charge in [-0.2, -0.15) is 0 Å². The largest absolute Gasteiger partial charge is 0.460 e. The van der Waals surface area contributed by atoms with Crippen LogP contribution in [0.2, 0.25) is 0 Å². The van der Waals surface area contributed by atoms with Crippen LogP contribution in [-0.2, 0) is 6.54 Å². The second kappa shape index (κ2) is 6.07. The van der Waals surface area contributed by atoms with Gasteiger partial charge in [-0.25, -0.2) is 0 Å². The minimum Gasteiger partial charge on any atom is -0.460 e. The summed E-state index contributed by atoms with van der Waals surface area (Å²) < 4.78 is 5.89. The van der Waals surface area contributed by atoms with Crippen molar-refractivity contribution in [3.05, 3.63) is 47.7 Å². The van der Waals surface area contributed by atoms with E-state index in [2.05, 4.69) is 63.3 Å². The smallest absolute Gasteiger partial charge is 0.134 e. The third-order valence-corrected chi connectivity index (χ3v) is 3.18. The summed E-state index contributed by atoms with van der Waals surface area (Å²) >= 11 is 0. The maximum absolute atomic E-state index is 5.89. The molecule has 0 bridgehead atoms. The molecule has 0 aliphatic carbocycles. The van der Waals surface area contributed by atoms with E-state index in [1.54, 1.807) is 0 Å². The molecule has 1 aromatic carbocycles. The van der Waals surface area contributed by atoms with Crippen LogP contribution in [0, 0.1) is 0 Å². The molecule has 2 heteroatoms. The zero-order chi connectivity index (χ0) is 13.8. The molecule has 0 saturated carbocycles. The third-order valence-electron chi connectivity index (χ3n) is 3.18. The minimum absolute atomic E-state index is 0.470. The van der Waals surface area contributed by atoms with Crippen LogP contribution in [0.1, 0.15) is 44.9 Å². The van der Waals surface area contributed by atoms with Gasteiger partial charge in [-0.1, -0.05) is 45.9 Å². The molecule has 0 aliphatic heterocycles. The van der Waals surface area contributed by atoms with Gasteiger partial charge in [0.2, 0.25) is 0 Å². The molecule has 0 unspecified atom stereocenters. The van der Waals surface area contributed by atoms with Crippen LogP contribution >= 0.6 is 0 Å². The Labute approximate surface area is 115 Å². The minimum atomic E-state index is 0.470. The molecule has 0 radical (unpaired) electrons. The summed E-state index contributed by atoms with van der Waals surface area (Å²) in [5.41, 5.74) is 2.50. The molecule has 2 aromatic rings. The van der Waals surface area contributed by atoms with Crippen molar-refractivity contribution in [2.24, 2.45) is 0 Å². The molecular weight excluding hydrogens is 234 g/mol. The number of benzene rings is 1. The first-order valence-electron chi connectivity index (χ1n) is 6.98. The Morgan fingerprint density at radius 1 is 1.05 bits per heavy atom. The van der Waals surface area contributed by atoms with Gasteiger partial charge in [0.25, 0.3) is 0 Å². The lowest BCUT2D eigenvalue weighted by Gasteiger charge is -2.07. The highest BCUT2D eigenvalue weighted by Crippen LogP contribution is 2.25. The molecular formula is C17H23NO. The van der Waals surface area contributed by atoms with Crippen molar-refractivity contribution < 1.29 is 4.42 Å². The van der Waals surface area contributed by atoms with E-state index in [-0.39, 0.29) is 0 Å². The van der Waals surface area contributed by atoms with E-state index in [0.717, 1.165) is 23.6 Å². The molecule has 0 atom stereocenters. The molecule has 0 spiro atoms. The number of rotatable bonds is 5. The molecule has 0 amide bonds. The fourth-order valence-electron chi connectivity index (χ4n) is 1.98. The molecule has 102 valence electrons. The number of furan rings is 1. The second-order valence-electron chi connectivity index (χ2n) is 5.58. The normalized spacial score (nSPS) is 11.5. The third kappa shape index (κ3) is 3.71. The first-order valence-corrected chi connectivity index (χ1v) is 6.98. The highest BCUT2D eigenvalue weighted by atomic mass is 16.3. The lowest BCUT2D eigenvalue weighted by Crippen LogP contribution is -2.21. The van der Waals surface area contributed by atoms with Crippen LogP contribution < -0.4 is 5.32 Å². The predicted octanol–water partition coefficient (Wildman–Crippen LogP) is 4.57. The molecule has 1 heterocycles. The molecule has 0 aliphatic rings. The Balaban J connectivity index is 2.16. The highest BCUT2D eigenvalue weighted by Gasteiger charge is 2.07. The highest BCUT2D eigenvalue weighted by molar-refractivity contribution is 5.58. The van der Waals surface area contributed by atoms with Crippen LogP contribution in [-0.4, -0.2) is 6.04 Å². The zero-order valence-electron chi connectivity index (χ0n) is 12.2. The molecule has 0 fully saturated rings. The van der Waals surface area contributed by atoms with Crippen LogP contribution in [0.4, 0.5) is 0 Å². The summed E-state index contributed by atoms with van der Waals surface area (Å²) in [6.07, 6.45) is 0. The van der Waals surface area contributed by atoms with Crippen molar-refractivity contribution in [2.45, 2.75) is 46.2 Å². The van der Waals surface area contributed by atoms with Gasteiger partial charge < -0.3 is 9.73 Å². The van der Waals surface area contributed by atoms with Crippen molar-refractivity contribution in [2.75, 3.05) is 0 Å². The van der Waals surface area contributed by atoms with E-state index < -0.39 is 0 Å². The van der Waals surface area contributed by atoms with Gasteiger partial charge in [-0.05, 0) is 29.7 Å². The molecule has 2 rings (SSSR count). The quantitative estimate of drug-likeness (QED) is 0.849. The van der Waals surface area contributed by atoms with Crippen molar-refractivity contribution in [3.63, 3.8) is 0 Å². The van der Waals surface area contributed by atoms with Crippen LogP contribution in [0.5, 0.6) is 0 Å². The monoisotopic (exact) mass is 257 g/mol. The Bertz CT molecular complexity index is 526. The average Bonchev–Trinajstić information content (AvgIpc) is 2.85. The van der Waals surface area contributed by atoms with Gasteiger partial charge in [-0.3, -0.25) is 0 Å². The zero-order valence-corrected chi connectivity index (χ0v) is 12.2. The van der Waals surface area contributed by atoms with E-state index in [1.807, 2.05) is 6.07 Å². The summed E-state index contributed by atoms with van der Waals surface area (Å²) in [4.78, 5) is 0. The summed E-state index contributed by atoms with van der Waals surface area (Å²) in [6.45, 7) is 9.46. The Hall–Kier alpha value is -1.54. The van der Waals surface area contributed by atoms with Gasteiger partial charge in [0.05, 0.1) is 6.54 Å². The lowest BCUT2D eigenvalue weighted by molar-refractivity contribution is 0.473. The first kappa shape index (κ1) is 13.9. The molecule has 2 nitrogen and oxygen atoms in total. The van der Waals surface area contributed by atoms with Crippen molar-refractivity contribution >= 4 is 0 Å². The molecule has 1 aromatic heterocycles. The van der Waals surface area contributed by atoms with E-state index in [4.69, 9.17) is 4.42 Å². The van der Waals surface area contributed by atoms with E-state index in [9.17, 15) is 0 Å². The SMILES string of the molecule is CC(C)NCc1ccc(-c2cccc(C(C)C)c2)o1. The fourth-order valence-corrected chi connectivity index (χ4v) is 1.98. The van der Waals surface area contributed by atoms with Gasteiger partial charge in [-0.15, -0.1) is 0 Å². The standard InChI is InChI=1S/C17H23NO/c1-12(2)14-6-5-7-15(10-14)17-9-8-16(19-17)11-18-13(3)4/h5-10,12-13,18H,11H2,1-4H3. The second-order valence-corrected chi connectivity index (χ2v) is 5.58. The lowest BCUT2D eigenvalue weighted by atomic mass is 10.0. The first-order chi connectivity index (χ1) is 9.06. The number of hydrogen-bond acceptors (Lipinski definition) is 2. The van der Waals surface area contributed by atoms with Gasteiger partial charge >= 0.3 is 0 Å². The van der Waals surface area contributed by atoms with Crippen LogP contribution in [0.3, 0.4) is 0 Å². The van der Waals surface area contributed by atoms with Crippen molar-refractivity contribution in [1.29, 1.82) is 0 Å². The maximum atomic E-state index is 5.89. The molecule has 0 saturated heterocycles. The average molecular weight is 257 g/mol. The summed E-state index contributed by atoms with van der Waals surface area (Å²) in [6, 6.07) is 13.1. The van der Waals surface area contributed by atoms with Gasteiger partial charge in [0, 0.05) is 11.6 Å². The summed E-state index contributed by atoms with van der Waals surface area (Å²) in [5, 5.41) is 3.36. The number of nitrogens with one attached hydrogen (secondary N) is 1. The van der Waals surface area contributed by atoms with E-state index in [1.165, 1.54) is 5.56 Å². The van der Waals surface area contributed by atoms with Gasteiger partial charge in [0.15, 0.2) is 0 Å². The van der Waals surface area contributed by atoms with E-state index >= 15 is 0 Å². The fraction of sp³-hybridized carbons (Fsp3) is 0.412. The summed E-state index contributed by atoms with van der Waals surface area (Å²) in [7, 11) is 0. The predicted molar refractivity (Wildman–Crippen MR) is 80.2 cm³/mol. The molecule has 1 N–H and O–H groups in total. The van der Waals surface area contributed by atoms with Crippen LogP contribution in [0.25, 0.3) is 11.3 Å². The van der Waals surface area contributed by atoms with Gasteiger partial charge in [0.1, 0.15) is 11.5 Å². The summed E-state index contributed by atoms with van der Waals surface area (Å²) in [5.74, 6) is 2.47. The van der Waals surface area contributed by atoms with Crippen LogP contribution in [0.15, 0.2) is 40.8 Å². The van der Waals surface area contributed by atoms with Crippen molar-refractivity contribution in [1.82, 2.24) is 5.32 Å². The Morgan fingerprint density at radius 2 is 1.84 bits per heavy atom. The Kier molecular flexibility index (Phi) is 4.43.